The molecular formula is C16H13BrN2OS. The Hall–Kier alpha value is -1.72. The Labute approximate surface area is 135 Å². The van der Waals surface area contributed by atoms with E-state index in [1.165, 1.54) is 0 Å². The Kier molecular flexibility index (Phi) is 4.31. The molecule has 0 spiro atoms. The lowest BCUT2D eigenvalue weighted by atomic mass is 10.2. The van der Waals surface area contributed by atoms with Gasteiger partial charge in [-0.3, -0.25) is 0 Å². The summed E-state index contributed by atoms with van der Waals surface area (Å²) >= 11 is 5.21. The lowest BCUT2D eigenvalue weighted by molar-refractivity contribution is 0.573. The lowest BCUT2D eigenvalue weighted by Crippen LogP contribution is -1.86. The van der Waals surface area contributed by atoms with Crippen LogP contribution in [0.25, 0.3) is 11.5 Å². The Balaban J connectivity index is 1.70. The predicted octanol–water partition coefficient (Wildman–Crippen LogP) is 4.98. The van der Waals surface area contributed by atoms with Crippen LogP contribution in [-0.2, 0) is 5.75 Å². The average Bonchev–Trinajstić information content (AvgIpc) is 2.96. The Morgan fingerprint density at radius 2 is 1.95 bits per heavy atom. The standard InChI is InChI=1S/C16H13BrN2OS/c17-14-8-12(18)6-7-15(14)21-10-13-9-20-16(19-13)11-4-2-1-3-5-11/h1-9H,10,18H2. The molecule has 0 bridgehead atoms. The summed E-state index contributed by atoms with van der Waals surface area (Å²) < 4.78 is 6.53. The molecule has 2 aromatic carbocycles. The van der Waals surface area contributed by atoms with Crippen LogP contribution in [0.4, 0.5) is 5.69 Å². The number of anilines is 1. The van der Waals surface area contributed by atoms with Gasteiger partial charge in [-0.25, -0.2) is 4.98 Å². The van der Waals surface area contributed by atoms with Crippen LogP contribution in [0.5, 0.6) is 0 Å². The fourth-order valence-electron chi connectivity index (χ4n) is 1.87. The van der Waals surface area contributed by atoms with Crippen molar-refractivity contribution in [1.29, 1.82) is 0 Å². The number of aromatic nitrogens is 1. The van der Waals surface area contributed by atoms with Crippen molar-refractivity contribution in [3.05, 3.63) is 65.0 Å². The minimum atomic E-state index is 0.655. The first-order valence-electron chi connectivity index (χ1n) is 6.40. The molecule has 106 valence electrons. The second-order valence-corrected chi connectivity index (χ2v) is 6.36. The first-order valence-corrected chi connectivity index (χ1v) is 8.18. The molecule has 0 saturated heterocycles. The fraction of sp³-hybridized carbons (Fsp3) is 0.0625. The molecule has 0 aliphatic carbocycles. The first-order chi connectivity index (χ1) is 10.2. The molecule has 0 unspecified atom stereocenters. The lowest BCUT2D eigenvalue weighted by Gasteiger charge is -2.03. The van der Waals surface area contributed by atoms with E-state index in [4.69, 9.17) is 10.2 Å². The molecule has 5 heteroatoms. The number of nitrogens with two attached hydrogens (primary N) is 1. The molecule has 3 rings (SSSR count). The van der Waals surface area contributed by atoms with E-state index >= 15 is 0 Å². The quantitative estimate of drug-likeness (QED) is 0.526. The SMILES string of the molecule is Nc1ccc(SCc2coc(-c3ccccc3)n2)c(Br)c1. The molecule has 2 N–H and O–H groups in total. The van der Waals surface area contributed by atoms with Crippen molar-refractivity contribution < 1.29 is 4.42 Å². The van der Waals surface area contributed by atoms with Gasteiger partial charge in [0.05, 0.1) is 5.69 Å². The van der Waals surface area contributed by atoms with Crippen LogP contribution in [0.15, 0.2) is 68.6 Å². The van der Waals surface area contributed by atoms with Crippen LogP contribution in [0.1, 0.15) is 5.69 Å². The first kappa shape index (κ1) is 14.2. The van der Waals surface area contributed by atoms with Crippen molar-refractivity contribution in [1.82, 2.24) is 4.98 Å². The maximum absolute atomic E-state index is 5.74. The van der Waals surface area contributed by atoms with Gasteiger partial charge in [0.1, 0.15) is 6.26 Å². The highest BCUT2D eigenvalue weighted by Gasteiger charge is 2.08. The molecule has 0 amide bonds. The zero-order chi connectivity index (χ0) is 14.7. The van der Waals surface area contributed by atoms with Crippen molar-refractivity contribution in [2.24, 2.45) is 0 Å². The summed E-state index contributed by atoms with van der Waals surface area (Å²) in [7, 11) is 0. The van der Waals surface area contributed by atoms with Gasteiger partial charge in [0.2, 0.25) is 5.89 Å². The van der Waals surface area contributed by atoms with Gasteiger partial charge in [-0.05, 0) is 46.3 Å². The summed E-state index contributed by atoms with van der Waals surface area (Å²) in [5, 5.41) is 0. The highest BCUT2D eigenvalue weighted by molar-refractivity contribution is 9.10. The van der Waals surface area contributed by atoms with Crippen molar-refractivity contribution in [3.63, 3.8) is 0 Å². The Morgan fingerprint density at radius 3 is 2.71 bits per heavy atom. The number of oxazole rings is 1. The predicted molar refractivity (Wildman–Crippen MR) is 90.1 cm³/mol. The molecule has 0 fully saturated rings. The Bertz CT molecular complexity index is 743. The van der Waals surface area contributed by atoms with Crippen molar-refractivity contribution in [3.8, 4) is 11.5 Å². The van der Waals surface area contributed by atoms with Crippen molar-refractivity contribution in [2.75, 3.05) is 5.73 Å². The zero-order valence-electron chi connectivity index (χ0n) is 11.1. The van der Waals surface area contributed by atoms with Gasteiger partial charge < -0.3 is 10.2 Å². The van der Waals surface area contributed by atoms with E-state index in [9.17, 15) is 0 Å². The van der Waals surface area contributed by atoms with E-state index in [2.05, 4.69) is 20.9 Å². The average molecular weight is 361 g/mol. The fourth-order valence-corrected chi connectivity index (χ4v) is 3.41. The normalized spacial score (nSPS) is 10.7. The van der Waals surface area contributed by atoms with E-state index in [1.807, 2.05) is 48.5 Å². The molecule has 3 nitrogen and oxygen atoms in total. The van der Waals surface area contributed by atoms with Crippen LogP contribution < -0.4 is 5.73 Å². The smallest absolute Gasteiger partial charge is 0.226 e. The van der Waals surface area contributed by atoms with Gasteiger partial charge >= 0.3 is 0 Å². The largest absolute Gasteiger partial charge is 0.444 e. The van der Waals surface area contributed by atoms with E-state index < -0.39 is 0 Å². The minimum absolute atomic E-state index is 0.655. The molecule has 0 radical (unpaired) electrons. The van der Waals surface area contributed by atoms with Gasteiger partial charge in [-0.1, -0.05) is 18.2 Å². The minimum Gasteiger partial charge on any atom is -0.444 e. The molecule has 3 aromatic rings. The van der Waals surface area contributed by atoms with Crippen LogP contribution in [0, 0.1) is 0 Å². The van der Waals surface area contributed by atoms with E-state index in [0.29, 0.717) is 5.89 Å². The molecule has 0 aliphatic rings. The number of halogens is 1. The summed E-state index contributed by atoms with van der Waals surface area (Å²) in [6, 6.07) is 15.7. The van der Waals surface area contributed by atoms with Gasteiger partial charge in [-0.15, -0.1) is 11.8 Å². The molecule has 0 aliphatic heterocycles. The highest BCUT2D eigenvalue weighted by atomic mass is 79.9. The second-order valence-electron chi connectivity index (χ2n) is 4.49. The second kappa shape index (κ2) is 6.37. The maximum atomic E-state index is 5.74. The number of thioether (sulfide) groups is 1. The summed E-state index contributed by atoms with van der Waals surface area (Å²) in [5.41, 5.74) is 8.39. The third-order valence-electron chi connectivity index (χ3n) is 2.90. The third kappa shape index (κ3) is 3.49. The van der Waals surface area contributed by atoms with Gasteiger partial charge in [-0.2, -0.15) is 0 Å². The molecule has 0 atom stereocenters. The van der Waals surface area contributed by atoms with Crippen LogP contribution in [-0.4, -0.2) is 4.98 Å². The Morgan fingerprint density at radius 1 is 1.14 bits per heavy atom. The van der Waals surface area contributed by atoms with Crippen LogP contribution >= 0.6 is 27.7 Å². The van der Waals surface area contributed by atoms with Crippen LogP contribution in [0.2, 0.25) is 0 Å². The summed E-state index contributed by atoms with van der Waals surface area (Å²) in [4.78, 5) is 5.65. The van der Waals surface area contributed by atoms with E-state index in [-0.39, 0.29) is 0 Å². The summed E-state index contributed by atoms with van der Waals surface area (Å²) in [6.07, 6.45) is 1.71. The summed E-state index contributed by atoms with van der Waals surface area (Å²) in [6.45, 7) is 0. The summed E-state index contributed by atoms with van der Waals surface area (Å²) in [5.74, 6) is 1.40. The van der Waals surface area contributed by atoms with Crippen molar-refractivity contribution in [2.45, 2.75) is 10.6 Å². The zero-order valence-corrected chi connectivity index (χ0v) is 13.5. The molecule has 0 saturated carbocycles. The number of benzene rings is 2. The number of hydrogen-bond donors (Lipinski definition) is 1. The third-order valence-corrected chi connectivity index (χ3v) is 4.93. The van der Waals surface area contributed by atoms with Gasteiger partial charge in [0.25, 0.3) is 0 Å². The van der Waals surface area contributed by atoms with Gasteiger partial charge in [0.15, 0.2) is 0 Å². The number of nitrogens with zero attached hydrogens (tertiary/aromatic N) is 1. The topological polar surface area (TPSA) is 52.0 Å². The van der Waals surface area contributed by atoms with Gasteiger partial charge in [0, 0.05) is 26.4 Å². The molecule has 1 aromatic heterocycles. The molecule has 1 heterocycles. The number of rotatable bonds is 4. The number of hydrogen-bond acceptors (Lipinski definition) is 4. The molecular weight excluding hydrogens is 348 g/mol. The van der Waals surface area contributed by atoms with Crippen molar-refractivity contribution >= 4 is 33.4 Å². The maximum Gasteiger partial charge on any atom is 0.226 e. The molecule has 21 heavy (non-hydrogen) atoms. The highest BCUT2D eigenvalue weighted by Crippen LogP contribution is 2.31. The van der Waals surface area contributed by atoms with Crippen LogP contribution in [0.3, 0.4) is 0 Å². The monoisotopic (exact) mass is 360 g/mol. The number of nitrogen functional groups attached to an aromatic ring is 1. The van der Waals surface area contributed by atoms with E-state index in [0.717, 1.165) is 32.1 Å². The van der Waals surface area contributed by atoms with E-state index in [1.54, 1.807) is 18.0 Å².